The van der Waals surface area contributed by atoms with E-state index in [-0.39, 0.29) is 18.0 Å². The number of rotatable bonds is 7. The number of nitrogen functional groups attached to an aromatic ring is 1. The van der Waals surface area contributed by atoms with E-state index in [1.807, 2.05) is 28.8 Å². The number of halogens is 3. The van der Waals surface area contributed by atoms with E-state index in [2.05, 4.69) is 14.6 Å². The van der Waals surface area contributed by atoms with Crippen LogP contribution < -0.4 is 29.6 Å². The van der Waals surface area contributed by atoms with Crippen molar-refractivity contribution in [2.45, 2.75) is 38.0 Å². The molecule has 35 heavy (non-hydrogen) atoms. The fourth-order valence-corrected chi connectivity index (χ4v) is 4.22. The van der Waals surface area contributed by atoms with E-state index in [9.17, 15) is 13.2 Å². The normalized spacial score (nSPS) is 18.1. The number of nitrogens with two attached hydrogens (primary N) is 1. The van der Waals surface area contributed by atoms with Gasteiger partial charge < -0.3 is 29.6 Å². The predicted molar refractivity (Wildman–Crippen MR) is 122 cm³/mol. The largest absolute Gasteiger partial charge is 0.573 e. The number of hydrogen-bond donors (Lipinski definition) is 1. The van der Waals surface area contributed by atoms with Gasteiger partial charge in [0.25, 0.3) is 6.01 Å². The first-order valence-electron chi connectivity index (χ1n) is 11.3. The number of nitrogens with zero attached hydrogens (tertiary/aromatic N) is 3. The first-order chi connectivity index (χ1) is 16.8. The van der Waals surface area contributed by atoms with E-state index < -0.39 is 6.36 Å². The summed E-state index contributed by atoms with van der Waals surface area (Å²) < 4.78 is 60.2. The highest BCUT2D eigenvalue weighted by Gasteiger charge is 2.31. The number of anilines is 2. The Morgan fingerprint density at radius 3 is 2.29 bits per heavy atom. The molecule has 0 aliphatic carbocycles. The summed E-state index contributed by atoms with van der Waals surface area (Å²) in [6, 6.07) is 13.9. The number of imidazole rings is 1. The summed E-state index contributed by atoms with van der Waals surface area (Å²) in [4.78, 5) is 6.38. The molecule has 5 rings (SSSR count). The average Bonchev–Trinajstić information content (AvgIpc) is 3.36. The topological polar surface area (TPSA) is 84.0 Å². The average molecular weight is 490 g/mol. The maximum atomic E-state index is 12.3. The van der Waals surface area contributed by atoms with Crippen molar-refractivity contribution < 1.29 is 32.1 Å². The quantitative estimate of drug-likeness (QED) is 0.530. The van der Waals surface area contributed by atoms with Gasteiger partial charge in [0.05, 0.1) is 12.7 Å². The summed E-state index contributed by atoms with van der Waals surface area (Å²) in [6.45, 7) is 2.68. The summed E-state index contributed by atoms with van der Waals surface area (Å²) in [7, 11) is 0. The van der Waals surface area contributed by atoms with Gasteiger partial charge in [-0.15, -0.1) is 13.2 Å². The molecule has 1 saturated heterocycles. The van der Waals surface area contributed by atoms with Gasteiger partial charge >= 0.3 is 6.36 Å². The second kappa shape index (κ2) is 9.47. The van der Waals surface area contributed by atoms with Gasteiger partial charge in [-0.25, -0.2) is 0 Å². The van der Waals surface area contributed by atoms with Crippen LogP contribution in [-0.2, 0) is 6.54 Å². The molecule has 186 valence electrons. The van der Waals surface area contributed by atoms with Crippen LogP contribution in [0, 0.1) is 0 Å². The zero-order valence-electron chi connectivity index (χ0n) is 18.8. The number of fused-ring (bicyclic) bond motifs is 1. The number of hydrogen-bond acceptors (Lipinski definition) is 7. The summed E-state index contributed by atoms with van der Waals surface area (Å²) in [5.41, 5.74) is 6.74. The minimum atomic E-state index is -4.70. The van der Waals surface area contributed by atoms with Crippen molar-refractivity contribution >= 4 is 11.5 Å². The molecule has 1 aromatic heterocycles. The van der Waals surface area contributed by atoms with Gasteiger partial charge in [-0.2, -0.15) is 4.98 Å². The third-order valence-corrected chi connectivity index (χ3v) is 5.87. The number of piperidine rings is 1. The van der Waals surface area contributed by atoms with E-state index in [1.165, 1.54) is 24.3 Å². The molecule has 1 unspecified atom stereocenters. The number of alkyl halides is 3. The van der Waals surface area contributed by atoms with Gasteiger partial charge in [0.15, 0.2) is 6.10 Å². The molecule has 1 fully saturated rings. The Bertz CT molecular complexity index is 1100. The predicted octanol–water partition coefficient (Wildman–Crippen LogP) is 4.25. The van der Waals surface area contributed by atoms with E-state index in [4.69, 9.17) is 19.9 Å². The minimum Gasteiger partial charge on any atom is -0.490 e. The highest BCUT2D eigenvalue weighted by molar-refractivity contribution is 5.49. The van der Waals surface area contributed by atoms with E-state index in [1.54, 1.807) is 6.20 Å². The third-order valence-electron chi connectivity index (χ3n) is 5.87. The second-order valence-corrected chi connectivity index (χ2v) is 8.47. The fourth-order valence-electron chi connectivity index (χ4n) is 4.22. The Kier molecular flexibility index (Phi) is 6.23. The molecule has 0 bridgehead atoms. The van der Waals surface area contributed by atoms with Crippen LogP contribution in [0.4, 0.5) is 24.7 Å². The first kappa shape index (κ1) is 23.0. The maximum Gasteiger partial charge on any atom is 0.573 e. The smallest absolute Gasteiger partial charge is 0.490 e. The highest BCUT2D eigenvalue weighted by Crippen LogP contribution is 2.28. The van der Waals surface area contributed by atoms with Crippen LogP contribution >= 0.6 is 0 Å². The molecule has 0 radical (unpaired) electrons. The van der Waals surface area contributed by atoms with Crippen molar-refractivity contribution in [3.05, 3.63) is 54.7 Å². The van der Waals surface area contributed by atoms with Crippen molar-refractivity contribution in [1.29, 1.82) is 0 Å². The van der Waals surface area contributed by atoms with E-state index >= 15 is 0 Å². The second-order valence-electron chi connectivity index (χ2n) is 8.47. The van der Waals surface area contributed by atoms with Crippen molar-refractivity contribution in [2.24, 2.45) is 0 Å². The van der Waals surface area contributed by atoms with Gasteiger partial charge in [-0.05, 0) is 48.5 Å². The van der Waals surface area contributed by atoms with Gasteiger partial charge in [-0.3, -0.25) is 4.57 Å². The third kappa shape index (κ3) is 5.84. The number of ether oxygens (including phenoxy) is 4. The Labute approximate surface area is 200 Å². The van der Waals surface area contributed by atoms with Crippen LogP contribution in [0.1, 0.15) is 12.8 Å². The van der Waals surface area contributed by atoms with Crippen molar-refractivity contribution in [3.63, 3.8) is 0 Å². The van der Waals surface area contributed by atoms with Gasteiger partial charge in [0, 0.05) is 31.6 Å². The van der Waals surface area contributed by atoms with Crippen LogP contribution in [-0.4, -0.2) is 47.8 Å². The van der Waals surface area contributed by atoms with Crippen molar-refractivity contribution in [3.8, 4) is 23.3 Å². The summed E-state index contributed by atoms with van der Waals surface area (Å²) in [6.07, 6.45) is -1.45. The molecule has 0 spiro atoms. The number of aromatic nitrogens is 2. The first-order valence-corrected chi connectivity index (χ1v) is 11.3. The van der Waals surface area contributed by atoms with Crippen LogP contribution in [0.15, 0.2) is 54.7 Å². The maximum absolute atomic E-state index is 12.3. The Balaban J connectivity index is 1.06. The Hall–Kier alpha value is -3.76. The van der Waals surface area contributed by atoms with E-state index in [0.717, 1.165) is 37.4 Å². The lowest BCUT2D eigenvalue weighted by atomic mass is 10.1. The molecule has 2 aliphatic heterocycles. The van der Waals surface area contributed by atoms with Gasteiger partial charge in [0.1, 0.15) is 35.8 Å². The minimum absolute atomic E-state index is 0.000292. The van der Waals surface area contributed by atoms with Crippen molar-refractivity contribution in [2.75, 3.05) is 30.3 Å². The molecule has 3 heterocycles. The Morgan fingerprint density at radius 1 is 0.971 bits per heavy atom. The summed E-state index contributed by atoms with van der Waals surface area (Å²) in [5.74, 6) is 1.47. The van der Waals surface area contributed by atoms with E-state index in [0.29, 0.717) is 30.7 Å². The molecule has 3 aromatic rings. The molecular weight excluding hydrogens is 465 g/mol. The highest BCUT2D eigenvalue weighted by atomic mass is 19.4. The lowest BCUT2D eigenvalue weighted by Gasteiger charge is -2.33. The number of benzene rings is 2. The molecule has 2 aliphatic rings. The molecule has 0 amide bonds. The lowest BCUT2D eigenvalue weighted by molar-refractivity contribution is -0.274. The zero-order valence-corrected chi connectivity index (χ0v) is 18.8. The molecular formula is C24H25F3N4O4. The summed E-state index contributed by atoms with van der Waals surface area (Å²) >= 11 is 0. The molecule has 1 atom stereocenters. The molecule has 8 nitrogen and oxygen atoms in total. The van der Waals surface area contributed by atoms with Crippen LogP contribution in [0.25, 0.3) is 0 Å². The molecule has 2 N–H and O–H groups in total. The zero-order chi connectivity index (χ0) is 24.4. The monoisotopic (exact) mass is 490 g/mol. The fraction of sp³-hybridized carbons (Fsp3) is 0.375. The molecule has 11 heteroatoms. The molecule has 0 saturated carbocycles. The lowest BCUT2D eigenvalue weighted by Crippen LogP contribution is -2.38. The van der Waals surface area contributed by atoms with Crippen LogP contribution in [0.2, 0.25) is 0 Å². The molecule has 2 aromatic carbocycles. The summed E-state index contributed by atoms with van der Waals surface area (Å²) in [5, 5.41) is 0. The van der Waals surface area contributed by atoms with Gasteiger partial charge in [0.2, 0.25) is 0 Å². The van der Waals surface area contributed by atoms with Crippen LogP contribution in [0.3, 0.4) is 0 Å². The SMILES string of the molecule is Nc1cn2c(n1)OC(COc1ccc(N3CCC(Oc4ccc(OC(F)(F)F)cc4)CC3)cc1)C2. The van der Waals surface area contributed by atoms with Crippen molar-refractivity contribution in [1.82, 2.24) is 9.55 Å². The van der Waals surface area contributed by atoms with Gasteiger partial charge in [-0.1, -0.05) is 0 Å². The van der Waals surface area contributed by atoms with Crippen LogP contribution in [0.5, 0.6) is 23.3 Å². The standard InChI is InChI=1S/C24H25F3N4O4/c25-24(26,27)35-20-7-5-18(6-8-20)33-19-9-11-30(12-10-19)16-1-3-17(4-2-16)32-15-21-13-31-14-22(28)29-23(31)34-21/h1-8,14,19,21H,9-13,15,28H2. The Morgan fingerprint density at radius 2 is 1.63 bits per heavy atom.